The third-order valence-electron chi connectivity index (χ3n) is 9.32. The molecule has 4 aromatic rings. The van der Waals surface area contributed by atoms with Gasteiger partial charge in [0.25, 0.3) is 5.56 Å². The van der Waals surface area contributed by atoms with Gasteiger partial charge in [-0.3, -0.25) is 9.28 Å². The van der Waals surface area contributed by atoms with Crippen molar-refractivity contribution in [1.29, 1.82) is 0 Å². The molecule has 2 aromatic heterocycles. The SMILES string of the molecule is C=C1OCc2c(cc3n(c2=O)Cc2cc4c(CN(C)C)c([N+](C)(C)Cc5ccc(NC(C)C)cc5)c(C)cc4nc2-3)[C@@]1(O)CC. The maximum absolute atomic E-state index is 13.8. The number of nitrogens with zero attached hydrogens (tertiary/aromatic N) is 4. The van der Waals surface area contributed by atoms with E-state index in [2.05, 4.69) is 102 Å². The summed E-state index contributed by atoms with van der Waals surface area (Å²) in [5.74, 6) is 0.284. The maximum atomic E-state index is 13.8. The highest BCUT2D eigenvalue weighted by atomic mass is 16.5. The Kier molecular flexibility index (Phi) is 7.67. The fourth-order valence-electron chi connectivity index (χ4n) is 7.33. The number of hydrogen-bond acceptors (Lipinski definition) is 6. The van der Waals surface area contributed by atoms with Crippen molar-refractivity contribution in [3.05, 3.63) is 98.5 Å². The van der Waals surface area contributed by atoms with Gasteiger partial charge in [0.2, 0.25) is 0 Å². The second-order valence-electron chi connectivity index (χ2n) is 13.9. The Morgan fingerprint density at radius 2 is 1.89 bits per heavy atom. The highest BCUT2D eigenvalue weighted by Gasteiger charge is 2.41. The van der Waals surface area contributed by atoms with Gasteiger partial charge >= 0.3 is 0 Å². The summed E-state index contributed by atoms with van der Waals surface area (Å²) in [4.78, 5) is 21.2. The maximum Gasteiger partial charge on any atom is 0.258 e. The fourth-order valence-corrected chi connectivity index (χ4v) is 7.33. The van der Waals surface area contributed by atoms with Gasteiger partial charge in [-0.25, -0.2) is 4.98 Å². The molecule has 0 saturated heterocycles. The van der Waals surface area contributed by atoms with Crippen molar-refractivity contribution in [2.24, 2.45) is 0 Å². The quantitative estimate of drug-likeness (QED) is 0.210. The Morgan fingerprint density at radius 1 is 1.18 bits per heavy atom. The first kappa shape index (κ1) is 31.0. The lowest BCUT2D eigenvalue weighted by molar-refractivity contribution is -0.0172. The van der Waals surface area contributed by atoms with Crippen LogP contribution in [0.25, 0.3) is 22.3 Å². The van der Waals surface area contributed by atoms with Gasteiger partial charge < -0.3 is 24.6 Å². The molecule has 1 atom stereocenters. The normalized spacial score (nSPS) is 17.4. The molecule has 2 aliphatic heterocycles. The van der Waals surface area contributed by atoms with Crippen LogP contribution in [0, 0.1) is 6.92 Å². The number of nitrogens with one attached hydrogen (secondary N) is 1. The largest absolute Gasteiger partial charge is 0.490 e. The Bertz CT molecular complexity index is 1890. The van der Waals surface area contributed by atoms with Gasteiger partial charge in [0, 0.05) is 51.5 Å². The van der Waals surface area contributed by atoms with Crippen LogP contribution in [-0.2, 0) is 36.6 Å². The van der Waals surface area contributed by atoms with Crippen molar-refractivity contribution in [1.82, 2.24) is 18.9 Å². The number of fused-ring (bicyclic) bond motifs is 5. The summed E-state index contributed by atoms with van der Waals surface area (Å²) in [5, 5.41) is 16.1. The molecule has 236 valence electrons. The molecule has 2 aromatic carbocycles. The van der Waals surface area contributed by atoms with Crippen molar-refractivity contribution in [3.63, 3.8) is 0 Å². The van der Waals surface area contributed by atoms with E-state index in [0.29, 0.717) is 34.6 Å². The van der Waals surface area contributed by atoms with Crippen LogP contribution < -0.4 is 15.4 Å². The first-order chi connectivity index (χ1) is 21.2. The van der Waals surface area contributed by atoms with E-state index in [1.807, 2.05) is 13.0 Å². The average molecular weight is 609 g/mol. The molecule has 0 fully saturated rings. The fraction of sp³-hybridized carbons (Fsp3) is 0.405. The molecular weight excluding hydrogens is 562 g/mol. The first-order valence-corrected chi connectivity index (χ1v) is 15.9. The molecule has 0 aliphatic carbocycles. The van der Waals surface area contributed by atoms with E-state index in [-0.39, 0.29) is 17.9 Å². The van der Waals surface area contributed by atoms with Crippen LogP contribution in [0.3, 0.4) is 0 Å². The molecule has 0 amide bonds. The van der Waals surface area contributed by atoms with E-state index < -0.39 is 5.60 Å². The van der Waals surface area contributed by atoms with Gasteiger partial charge in [0.1, 0.15) is 30.2 Å². The Morgan fingerprint density at radius 3 is 2.53 bits per heavy atom. The monoisotopic (exact) mass is 608 g/mol. The average Bonchev–Trinajstić information content (AvgIpc) is 3.32. The summed E-state index contributed by atoms with van der Waals surface area (Å²) in [5.41, 5.74) is 9.11. The summed E-state index contributed by atoms with van der Waals surface area (Å²) in [6.07, 6.45) is 0.364. The van der Waals surface area contributed by atoms with E-state index in [1.165, 1.54) is 22.4 Å². The zero-order valence-electron chi connectivity index (χ0n) is 27.9. The molecule has 8 nitrogen and oxygen atoms in total. The molecule has 2 aliphatic rings. The third kappa shape index (κ3) is 5.25. The van der Waals surface area contributed by atoms with Gasteiger partial charge in [0.15, 0.2) is 0 Å². The van der Waals surface area contributed by atoms with Crippen LogP contribution in [-0.4, -0.2) is 53.8 Å². The minimum absolute atomic E-state index is 0.112. The first-order valence-electron chi connectivity index (χ1n) is 15.9. The number of anilines is 1. The van der Waals surface area contributed by atoms with Crippen LogP contribution in [0.2, 0.25) is 0 Å². The molecule has 6 rings (SSSR count). The minimum Gasteiger partial charge on any atom is -0.490 e. The van der Waals surface area contributed by atoms with Crippen molar-refractivity contribution in [2.75, 3.05) is 33.5 Å². The van der Waals surface area contributed by atoms with Crippen molar-refractivity contribution in [2.45, 2.75) is 72.0 Å². The van der Waals surface area contributed by atoms with Gasteiger partial charge in [-0.05, 0) is 71.6 Å². The van der Waals surface area contributed by atoms with Crippen molar-refractivity contribution < 1.29 is 9.84 Å². The van der Waals surface area contributed by atoms with Crippen LogP contribution in [0.1, 0.15) is 60.6 Å². The zero-order chi connectivity index (χ0) is 32.4. The van der Waals surface area contributed by atoms with E-state index in [9.17, 15) is 9.90 Å². The van der Waals surface area contributed by atoms with Crippen molar-refractivity contribution in [3.8, 4) is 11.4 Å². The molecule has 2 N–H and O–H groups in total. The number of pyridine rings is 2. The number of hydrogen-bond donors (Lipinski definition) is 2. The van der Waals surface area contributed by atoms with E-state index in [0.717, 1.165) is 46.6 Å². The second kappa shape index (κ2) is 11.1. The standard InChI is InChI=1S/C37H46N5O3/c1-10-37(44)24(5)45-21-30-31(37)17-33-34-26(18-41(33)36(30)43)16-28-29(19-40(6)7)35(23(4)15-32(28)39-34)42(8,9)20-25-11-13-27(14-12-25)38-22(2)3/h11-17,22,38,44H,5,10,18-21H2,1-4,6-9H3/q+1/t37-/m1/s1. The van der Waals surface area contributed by atoms with Gasteiger partial charge in [-0.1, -0.05) is 25.6 Å². The zero-order valence-corrected chi connectivity index (χ0v) is 27.9. The number of aromatic nitrogens is 2. The number of rotatable bonds is 8. The van der Waals surface area contributed by atoms with Crippen LogP contribution in [0.4, 0.5) is 11.4 Å². The smallest absolute Gasteiger partial charge is 0.258 e. The van der Waals surface area contributed by atoms with Crippen molar-refractivity contribution >= 4 is 22.3 Å². The van der Waals surface area contributed by atoms with E-state index >= 15 is 0 Å². The van der Waals surface area contributed by atoms with Crippen LogP contribution >= 0.6 is 0 Å². The number of benzene rings is 2. The molecule has 0 saturated carbocycles. The molecule has 0 unspecified atom stereocenters. The summed E-state index contributed by atoms with van der Waals surface area (Å²) < 4.78 is 8.15. The predicted molar refractivity (Wildman–Crippen MR) is 183 cm³/mol. The molecule has 0 spiro atoms. The molecule has 0 bridgehead atoms. The Labute approximate surface area is 266 Å². The Hall–Kier alpha value is -3.98. The number of aryl methyl sites for hydroxylation is 1. The van der Waals surface area contributed by atoms with E-state index in [4.69, 9.17) is 9.72 Å². The minimum atomic E-state index is -1.40. The molecule has 4 heterocycles. The summed E-state index contributed by atoms with van der Waals surface area (Å²) in [7, 11) is 8.76. The molecular formula is C37H46N5O3+. The molecule has 8 heteroatoms. The summed E-state index contributed by atoms with van der Waals surface area (Å²) >= 11 is 0. The Balaban J connectivity index is 1.47. The second-order valence-corrected chi connectivity index (χ2v) is 13.9. The molecule has 45 heavy (non-hydrogen) atoms. The molecule has 0 radical (unpaired) electrons. The topological polar surface area (TPSA) is 79.6 Å². The highest BCUT2D eigenvalue weighted by Crippen LogP contribution is 2.43. The van der Waals surface area contributed by atoms with Crippen LogP contribution in [0.15, 0.2) is 59.6 Å². The van der Waals surface area contributed by atoms with E-state index in [1.54, 1.807) is 4.57 Å². The lowest BCUT2D eigenvalue weighted by Gasteiger charge is -2.35. The lowest BCUT2D eigenvalue weighted by atomic mass is 9.84. The van der Waals surface area contributed by atoms with Gasteiger partial charge in [-0.15, -0.1) is 0 Å². The third-order valence-corrected chi connectivity index (χ3v) is 9.32. The van der Waals surface area contributed by atoms with Crippen LogP contribution in [0.5, 0.6) is 0 Å². The number of quaternary nitrogens is 1. The number of ether oxygens (including phenoxy) is 1. The predicted octanol–water partition coefficient (Wildman–Crippen LogP) is 6.02. The van der Waals surface area contributed by atoms with Gasteiger partial charge in [0.05, 0.1) is 43.1 Å². The van der Waals surface area contributed by atoms with Gasteiger partial charge in [-0.2, -0.15) is 0 Å². The number of aliphatic hydroxyl groups is 1. The lowest BCUT2D eigenvalue weighted by Crippen LogP contribution is -2.41. The summed E-state index contributed by atoms with van der Waals surface area (Å²) in [6.45, 7) is 14.5. The highest BCUT2D eigenvalue weighted by molar-refractivity contribution is 5.92. The summed E-state index contributed by atoms with van der Waals surface area (Å²) in [6, 6.07) is 15.5.